The van der Waals surface area contributed by atoms with Crippen molar-refractivity contribution in [2.24, 2.45) is 0 Å². The lowest BCUT2D eigenvalue weighted by molar-refractivity contribution is -0.138. The molecule has 0 bridgehead atoms. The number of hydrogen-bond donors (Lipinski definition) is 1. The Morgan fingerprint density at radius 1 is 1.03 bits per heavy atom. The lowest BCUT2D eigenvalue weighted by Crippen LogP contribution is -2.50. The summed E-state index contributed by atoms with van der Waals surface area (Å²) in [6.45, 7) is 1.73. The molecule has 1 heterocycles. The Morgan fingerprint density at radius 3 is 2.09 bits per heavy atom. The van der Waals surface area contributed by atoms with Gasteiger partial charge in [-0.2, -0.15) is 0 Å². The van der Waals surface area contributed by atoms with Crippen LogP contribution in [-0.2, 0) is 19.6 Å². The second-order valence-electron chi connectivity index (χ2n) is 8.36. The van der Waals surface area contributed by atoms with Gasteiger partial charge in [0, 0.05) is 25.0 Å². The van der Waals surface area contributed by atoms with Gasteiger partial charge in [-0.05, 0) is 42.0 Å². The summed E-state index contributed by atoms with van der Waals surface area (Å²) in [5, 5.41) is 9.37. The molecule has 0 radical (unpaired) electrons. The normalized spacial score (nSPS) is 16.8. The number of hydrogen-bond acceptors (Lipinski definition) is 5. The van der Waals surface area contributed by atoms with Crippen molar-refractivity contribution in [2.75, 3.05) is 32.0 Å². The van der Waals surface area contributed by atoms with Crippen molar-refractivity contribution in [1.29, 1.82) is 0 Å². The number of fused-ring (bicyclic) bond motifs is 3. The van der Waals surface area contributed by atoms with Gasteiger partial charge < -0.3 is 9.84 Å². The zero-order valence-electron chi connectivity index (χ0n) is 18.5. The zero-order valence-corrected chi connectivity index (χ0v) is 19.3. The van der Waals surface area contributed by atoms with E-state index in [0.29, 0.717) is 12.8 Å². The largest absolute Gasteiger partial charge is 0.480 e. The lowest BCUT2D eigenvalue weighted by Gasteiger charge is -2.36. The number of aliphatic carboxylic acids is 1. The van der Waals surface area contributed by atoms with Crippen LogP contribution in [0.25, 0.3) is 11.1 Å². The second kappa shape index (κ2) is 9.52. The molecular weight excluding hydrogens is 444 g/mol. The molecule has 4 rings (SSSR count). The second-order valence-corrected chi connectivity index (χ2v) is 10.6. The van der Waals surface area contributed by atoms with E-state index in [4.69, 9.17) is 4.74 Å². The highest BCUT2D eigenvalue weighted by Crippen LogP contribution is 2.44. The predicted molar refractivity (Wildman–Crippen MR) is 123 cm³/mol. The first-order chi connectivity index (χ1) is 15.8. The summed E-state index contributed by atoms with van der Waals surface area (Å²) in [7, 11) is -3.31. The van der Waals surface area contributed by atoms with Crippen LogP contribution in [0.4, 0.5) is 4.79 Å². The lowest BCUT2D eigenvalue weighted by atomic mass is 9.98. The van der Waals surface area contributed by atoms with Crippen LogP contribution in [0.2, 0.25) is 0 Å². The molecule has 2 aromatic carbocycles. The van der Waals surface area contributed by atoms with Gasteiger partial charge in [-0.15, -0.1) is 0 Å². The molecule has 0 unspecified atom stereocenters. The van der Waals surface area contributed by atoms with Crippen LogP contribution in [0.15, 0.2) is 48.5 Å². The molecule has 1 N–H and O–H groups in total. The summed E-state index contributed by atoms with van der Waals surface area (Å²) >= 11 is 0. The van der Waals surface area contributed by atoms with Gasteiger partial charge in [-0.3, -0.25) is 9.69 Å². The Bertz CT molecular complexity index is 1100. The first-order valence-corrected chi connectivity index (χ1v) is 12.7. The summed E-state index contributed by atoms with van der Waals surface area (Å²) in [5.74, 6) is -1.24. The van der Waals surface area contributed by atoms with Crippen LogP contribution in [-0.4, -0.2) is 72.8 Å². The molecule has 9 heteroatoms. The maximum absolute atomic E-state index is 13.0. The molecule has 0 atom stereocenters. The van der Waals surface area contributed by atoms with Gasteiger partial charge in [-0.1, -0.05) is 48.5 Å². The summed E-state index contributed by atoms with van der Waals surface area (Å²) in [4.78, 5) is 25.7. The Kier molecular flexibility index (Phi) is 6.71. The fourth-order valence-corrected chi connectivity index (χ4v) is 5.91. The SMILES string of the molecule is CCS(=O)(=O)N1CCC(N(CC(=O)O)C(=O)OCC2c3ccccc3-c3ccccc32)CC1. The number of piperidine rings is 1. The molecule has 0 aromatic heterocycles. The smallest absolute Gasteiger partial charge is 0.410 e. The number of carbonyl (C=O) groups excluding carboxylic acids is 1. The fraction of sp³-hybridized carbons (Fsp3) is 0.417. The highest BCUT2D eigenvalue weighted by Gasteiger charge is 2.35. The van der Waals surface area contributed by atoms with Crippen LogP contribution < -0.4 is 0 Å². The van der Waals surface area contributed by atoms with Gasteiger partial charge in [-0.25, -0.2) is 17.5 Å². The van der Waals surface area contributed by atoms with Crippen molar-refractivity contribution in [1.82, 2.24) is 9.21 Å². The van der Waals surface area contributed by atoms with Crippen molar-refractivity contribution in [3.8, 4) is 11.1 Å². The first-order valence-electron chi connectivity index (χ1n) is 11.1. The van der Waals surface area contributed by atoms with Crippen molar-refractivity contribution in [3.05, 3.63) is 59.7 Å². The van der Waals surface area contributed by atoms with E-state index in [1.807, 2.05) is 48.5 Å². The molecule has 2 aromatic rings. The summed E-state index contributed by atoms with van der Waals surface area (Å²) in [6, 6.07) is 15.6. The molecule has 1 saturated heterocycles. The maximum Gasteiger partial charge on any atom is 0.410 e. The number of rotatable bonds is 7. The molecule has 33 heavy (non-hydrogen) atoms. The molecule has 0 saturated carbocycles. The van der Waals surface area contributed by atoms with Gasteiger partial charge in [0.15, 0.2) is 0 Å². The molecule has 1 fully saturated rings. The van der Waals surface area contributed by atoms with Gasteiger partial charge in [0.2, 0.25) is 10.0 Å². The minimum Gasteiger partial charge on any atom is -0.480 e. The maximum atomic E-state index is 13.0. The topological polar surface area (TPSA) is 104 Å². The van der Waals surface area contributed by atoms with Gasteiger partial charge >= 0.3 is 12.1 Å². The number of carboxylic acid groups (broad SMARTS) is 1. The van der Waals surface area contributed by atoms with E-state index >= 15 is 0 Å². The number of benzene rings is 2. The first kappa shape index (κ1) is 23.3. The average molecular weight is 473 g/mol. The Labute approximate surface area is 193 Å². The van der Waals surface area contributed by atoms with Crippen LogP contribution in [0.5, 0.6) is 0 Å². The number of carbonyl (C=O) groups is 2. The molecule has 8 nitrogen and oxygen atoms in total. The van der Waals surface area contributed by atoms with E-state index in [2.05, 4.69) is 0 Å². The average Bonchev–Trinajstić information content (AvgIpc) is 3.15. The molecule has 1 aliphatic carbocycles. The molecule has 1 amide bonds. The highest BCUT2D eigenvalue weighted by atomic mass is 32.2. The number of amides is 1. The number of sulfonamides is 1. The monoisotopic (exact) mass is 472 g/mol. The number of ether oxygens (including phenoxy) is 1. The fourth-order valence-electron chi connectivity index (χ4n) is 4.78. The van der Waals surface area contributed by atoms with Gasteiger partial charge in [0.1, 0.15) is 13.2 Å². The van der Waals surface area contributed by atoms with E-state index in [9.17, 15) is 23.1 Å². The zero-order chi connectivity index (χ0) is 23.6. The van der Waals surface area contributed by atoms with Crippen molar-refractivity contribution < 1.29 is 27.9 Å². The molecular formula is C24H28N2O6S. The van der Waals surface area contributed by atoms with E-state index < -0.39 is 28.6 Å². The van der Waals surface area contributed by atoms with Crippen LogP contribution in [0, 0.1) is 0 Å². The number of carboxylic acids is 1. The highest BCUT2D eigenvalue weighted by molar-refractivity contribution is 7.89. The molecule has 1 aliphatic heterocycles. The Balaban J connectivity index is 1.46. The number of nitrogens with zero attached hydrogens (tertiary/aromatic N) is 2. The Morgan fingerprint density at radius 2 is 1.58 bits per heavy atom. The van der Waals surface area contributed by atoms with E-state index in [1.54, 1.807) is 6.92 Å². The van der Waals surface area contributed by atoms with Crippen molar-refractivity contribution in [3.63, 3.8) is 0 Å². The summed E-state index contributed by atoms with van der Waals surface area (Å²) in [5.41, 5.74) is 4.38. The van der Waals surface area contributed by atoms with Crippen LogP contribution >= 0.6 is 0 Å². The van der Waals surface area contributed by atoms with Crippen molar-refractivity contribution >= 4 is 22.1 Å². The van der Waals surface area contributed by atoms with Gasteiger partial charge in [0.25, 0.3) is 0 Å². The van der Waals surface area contributed by atoms with Crippen molar-refractivity contribution in [2.45, 2.75) is 31.7 Å². The molecule has 176 valence electrons. The third-order valence-electron chi connectivity index (χ3n) is 6.50. The quantitative estimate of drug-likeness (QED) is 0.664. The minimum absolute atomic E-state index is 0.0168. The van der Waals surface area contributed by atoms with Crippen LogP contribution in [0.1, 0.15) is 36.8 Å². The van der Waals surface area contributed by atoms with Crippen LogP contribution in [0.3, 0.4) is 0 Å². The predicted octanol–water partition coefficient (Wildman–Crippen LogP) is 3.14. The van der Waals surface area contributed by atoms with E-state index in [-0.39, 0.29) is 37.4 Å². The minimum atomic E-state index is -3.31. The van der Waals surface area contributed by atoms with E-state index in [0.717, 1.165) is 22.3 Å². The third-order valence-corrected chi connectivity index (χ3v) is 8.38. The third kappa shape index (κ3) is 4.74. The van der Waals surface area contributed by atoms with E-state index in [1.165, 1.54) is 9.21 Å². The standard InChI is InChI=1S/C24H28N2O6S/c1-2-33(30,31)25-13-11-17(12-14-25)26(15-23(27)28)24(29)32-16-22-20-9-5-3-7-18(20)19-8-4-6-10-21(19)22/h3-10,17,22H,2,11-16H2,1H3,(H,27,28). The Hall–Kier alpha value is -2.91. The summed E-state index contributed by atoms with van der Waals surface area (Å²) < 4.78 is 31.3. The molecule has 2 aliphatic rings. The molecule has 0 spiro atoms. The van der Waals surface area contributed by atoms with Gasteiger partial charge in [0.05, 0.1) is 5.75 Å². The summed E-state index contributed by atoms with van der Waals surface area (Å²) in [6.07, 6.45) is 0.0593.